The molecule has 2 aliphatic heterocycles. The van der Waals surface area contributed by atoms with Crippen molar-refractivity contribution in [1.29, 1.82) is 0 Å². The van der Waals surface area contributed by atoms with Gasteiger partial charge in [0.05, 0.1) is 23.2 Å². The second kappa shape index (κ2) is 22.1. The molecule has 0 aliphatic carbocycles. The molecule has 15 heteroatoms. The summed E-state index contributed by atoms with van der Waals surface area (Å²) in [5, 5.41) is 34.3. The van der Waals surface area contributed by atoms with E-state index in [0.29, 0.717) is 38.8 Å². The third-order valence-electron chi connectivity index (χ3n) is 10.6. The van der Waals surface area contributed by atoms with Gasteiger partial charge >= 0.3 is 0 Å². The summed E-state index contributed by atoms with van der Waals surface area (Å²) in [5.41, 5.74) is 0.362. The van der Waals surface area contributed by atoms with Crippen LogP contribution in [0.1, 0.15) is 85.9 Å². The normalized spacial score (nSPS) is 18.0. The van der Waals surface area contributed by atoms with Crippen LogP contribution in [0, 0.1) is 23.7 Å². The summed E-state index contributed by atoms with van der Waals surface area (Å²) >= 11 is 0. The lowest BCUT2D eigenvalue weighted by atomic mass is 10.0. The van der Waals surface area contributed by atoms with Gasteiger partial charge in [-0.1, -0.05) is 36.1 Å². The number of rotatable bonds is 17. The maximum atomic E-state index is 13.9. The zero-order valence-corrected chi connectivity index (χ0v) is 33.6. The topological polar surface area (TPSA) is 210 Å². The third kappa shape index (κ3) is 12.3. The smallest absolute Gasteiger partial charge is 0.255 e. The van der Waals surface area contributed by atoms with E-state index in [2.05, 4.69) is 50.3 Å². The second-order valence-electron chi connectivity index (χ2n) is 14.5. The van der Waals surface area contributed by atoms with Crippen LogP contribution in [-0.4, -0.2) is 125 Å². The zero-order chi connectivity index (χ0) is 42.2. The third-order valence-corrected chi connectivity index (χ3v) is 10.6. The first kappa shape index (κ1) is 44.8. The Labute approximate surface area is 340 Å². The number of nitrogens with one attached hydrogen (secondary N) is 5. The van der Waals surface area contributed by atoms with Gasteiger partial charge in [0.1, 0.15) is 23.6 Å². The van der Waals surface area contributed by atoms with Crippen molar-refractivity contribution in [2.24, 2.45) is 0 Å². The predicted molar refractivity (Wildman–Crippen MR) is 217 cm³/mol. The van der Waals surface area contributed by atoms with Gasteiger partial charge in [0, 0.05) is 51.0 Å². The van der Waals surface area contributed by atoms with E-state index >= 15 is 0 Å². The zero-order valence-electron chi connectivity index (χ0n) is 33.6. The average molecular weight is 798 g/mol. The van der Waals surface area contributed by atoms with Gasteiger partial charge in [-0.15, -0.1) is 0 Å². The van der Waals surface area contributed by atoms with Crippen LogP contribution in [0.5, 0.6) is 11.5 Å². The highest BCUT2D eigenvalue weighted by molar-refractivity contribution is 5.99. The average Bonchev–Trinajstić information content (AvgIpc) is 3.91. The molecule has 0 radical (unpaired) electrons. The van der Waals surface area contributed by atoms with Gasteiger partial charge in [-0.3, -0.25) is 28.8 Å². The summed E-state index contributed by atoms with van der Waals surface area (Å²) in [6.45, 7) is 4.37. The van der Waals surface area contributed by atoms with E-state index in [9.17, 15) is 39.0 Å². The number of carbonyl (C=O) groups excluding carboxylic acids is 6. The highest BCUT2D eigenvalue weighted by atomic mass is 16.3. The molecule has 0 saturated carbocycles. The molecule has 0 bridgehead atoms. The van der Waals surface area contributed by atoms with Crippen LogP contribution in [-0.2, 0) is 19.2 Å². The summed E-state index contributed by atoms with van der Waals surface area (Å²) in [7, 11) is 3.26. The monoisotopic (exact) mass is 797 g/mol. The Morgan fingerprint density at radius 1 is 0.707 bits per heavy atom. The molecule has 58 heavy (non-hydrogen) atoms. The molecule has 2 aromatic carbocycles. The predicted octanol–water partition coefficient (Wildman–Crippen LogP) is 1.45. The molecule has 310 valence electrons. The van der Waals surface area contributed by atoms with Crippen LogP contribution in [0.15, 0.2) is 48.5 Å². The number of para-hydroxylation sites is 2. The summed E-state index contributed by atoms with van der Waals surface area (Å²) in [6.07, 6.45) is 3.20. The van der Waals surface area contributed by atoms with Gasteiger partial charge in [0.25, 0.3) is 5.91 Å². The number of benzene rings is 2. The minimum atomic E-state index is -1.01. The van der Waals surface area contributed by atoms with Crippen LogP contribution in [0.3, 0.4) is 0 Å². The van der Waals surface area contributed by atoms with E-state index in [1.54, 1.807) is 68.1 Å². The fraction of sp³-hybridized carbons (Fsp3) is 0.488. The van der Waals surface area contributed by atoms with Crippen molar-refractivity contribution in [3.8, 4) is 35.2 Å². The molecule has 2 aliphatic rings. The quantitative estimate of drug-likeness (QED) is 0.0906. The van der Waals surface area contributed by atoms with Crippen LogP contribution >= 0.6 is 0 Å². The van der Waals surface area contributed by atoms with Gasteiger partial charge in [0.2, 0.25) is 23.6 Å². The molecule has 2 saturated heterocycles. The minimum absolute atomic E-state index is 0.0452. The Bertz CT molecular complexity index is 1790. The number of likely N-dealkylation sites (N-methyl/N-ethyl adjacent to an activating group) is 2. The van der Waals surface area contributed by atoms with Crippen molar-refractivity contribution in [3.05, 3.63) is 59.7 Å². The van der Waals surface area contributed by atoms with Gasteiger partial charge < -0.3 is 46.6 Å². The first-order chi connectivity index (χ1) is 27.9. The van der Waals surface area contributed by atoms with Crippen molar-refractivity contribution in [3.63, 3.8) is 0 Å². The minimum Gasteiger partial charge on any atom is -0.507 e. The molecule has 0 unspecified atom stereocenters. The van der Waals surface area contributed by atoms with Crippen molar-refractivity contribution >= 4 is 35.3 Å². The number of phenolic OH excluding ortho intramolecular Hbond substituents is 2. The molecule has 2 fully saturated rings. The lowest BCUT2D eigenvalue weighted by Gasteiger charge is -2.29. The second-order valence-corrected chi connectivity index (χ2v) is 14.5. The largest absolute Gasteiger partial charge is 0.507 e. The number of ketones is 1. The number of amides is 5. The first-order valence-electron chi connectivity index (χ1n) is 19.8. The SMILES string of the molecule is CN[C@@H](C)C(=O)N[C@@H](CC#CC#CC[C@H](NC(=O)[C@H](C)NC)C(=O)N1CCC[C@H]1CNC(=O)c1ccccc1O)C(=O)N1CCC[C@H]1CCC(=O)c1ccccc1O. The van der Waals surface area contributed by atoms with Crippen LogP contribution in [0.25, 0.3) is 0 Å². The number of aromatic hydroxyl groups is 2. The molecule has 6 atom stereocenters. The Morgan fingerprint density at radius 2 is 1.17 bits per heavy atom. The van der Waals surface area contributed by atoms with Crippen LogP contribution < -0.4 is 26.6 Å². The number of hydrogen-bond acceptors (Lipinski definition) is 10. The molecule has 4 rings (SSSR count). The van der Waals surface area contributed by atoms with Crippen LogP contribution in [0.4, 0.5) is 0 Å². The standard InChI is InChI=1S/C43H55N7O8/c1-28(44-3)39(54)47-34(42(57)49-25-13-15-30(49)23-24-38(53)32-17-9-11-21-36(32)51)19-7-5-6-8-20-35(48-40(55)29(2)45-4)43(58)50-26-14-16-31(50)27-46-41(56)33-18-10-12-22-37(33)52/h9-12,17-18,21-22,28-31,34-35,44-45,51-52H,13-16,19-20,23-27H2,1-4H3,(H,46,56)(H,47,54)(H,48,55)/t28-,29-,30-,31-,34-,35-/m0/s1. The number of phenols is 2. The maximum absolute atomic E-state index is 13.9. The van der Waals surface area contributed by atoms with Gasteiger partial charge in [-0.05, 0) is 96.2 Å². The fourth-order valence-electron chi connectivity index (χ4n) is 6.93. The molecular weight excluding hydrogens is 743 g/mol. The Hall–Kier alpha value is -5.90. The van der Waals surface area contributed by atoms with Crippen molar-refractivity contribution in [1.82, 2.24) is 36.4 Å². The number of nitrogens with zero attached hydrogens (tertiary/aromatic N) is 2. The molecule has 5 amide bonds. The van der Waals surface area contributed by atoms with Gasteiger partial charge in [0.15, 0.2) is 5.78 Å². The Balaban J connectivity index is 1.43. The molecule has 0 spiro atoms. The molecule has 2 aromatic rings. The van der Waals surface area contributed by atoms with E-state index in [0.717, 1.165) is 6.42 Å². The van der Waals surface area contributed by atoms with E-state index < -0.39 is 36.0 Å². The number of Topliss-reactive ketones (excluding diaryl/α,β-unsaturated/α-hetero) is 1. The number of likely N-dealkylation sites (tertiary alicyclic amines) is 2. The van der Waals surface area contributed by atoms with Gasteiger partial charge in [-0.25, -0.2) is 0 Å². The van der Waals surface area contributed by atoms with Crippen molar-refractivity contribution in [2.45, 2.75) is 101 Å². The van der Waals surface area contributed by atoms with E-state index in [1.807, 2.05) is 0 Å². The summed E-state index contributed by atoms with van der Waals surface area (Å²) < 4.78 is 0. The van der Waals surface area contributed by atoms with E-state index in [1.165, 1.54) is 18.2 Å². The lowest BCUT2D eigenvalue weighted by molar-refractivity contribution is -0.137. The highest BCUT2D eigenvalue weighted by Gasteiger charge is 2.36. The van der Waals surface area contributed by atoms with E-state index in [4.69, 9.17) is 0 Å². The maximum Gasteiger partial charge on any atom is 0.255 e. The van der Waals surface area contributed by atoms with E-state index in [-0.39, 0.29) is 84.0 Å². The number of hydrogen-bond donors (Lipinski definition) is 7. The Morgan fingerprint density at radius 3 is 1.67 bits per heavy atom. The van der Waals surface area contributed by atoms with Gasteiger partial charge in [-0.2, -0.15) is 0 Å². The highest BCUT2D eigenvalue weighted by Crippen LogP contribution is 2.26. The molecule has 2 heterocycles. The lowest BCUT2D eigenvalue weighted by Crippen LogP contribution is -2.54. The summed E-state index contributed by atoms with van der Waals surface area (Å²) in [6, 6.07) is 8.83. The van der Waals surface area contributed by atoms with Crippen molar-refractivity contribution in [2.75, 3.05) is 33.7 Å². The molecular formula is C43H55N7O8. The molecule has 15 nitrogen and oxygen atoms in total. The summed E-state index contributed by atoms with van der Waals surface area (Å²) in [5.74, 6) is 8.85. The Kier molecular flexibility index (Phi) is 17.1. The molecule has 7 N–H and O–H groups in total. The van der Waals surface area contributed by atoms with Crippen molar-refractivity contribution < 1.29 is 39.0 Å². The van der Waals surface area contributed by atoms with Crippen LogP contribution in [0.2, 0.25) is 0 Å². The number of carbonyl (C=O) groups is 6. The summed E-state index contributed by atoms with van der Waals surface area (Å²) in [4.78, 5) is 82.5. The molecule has 0 aromatic heterocycles. The fourth-order valence-corrected chi connectivity index (χ4v) is 6.93. The first-order valence-corrected chi connectivity index (χ1v) is 19.8.